The first-order chi connectivity index (χ1) is 18.2. The molecule has 37 heavy (non-hydrogen) atoms. The van der Waals surface area contributed by atoms with Gasteiger partial charge in [-0.2, -0.15) is 0 Å². The first-order valence-electron chi connectivity index (χ1n) is 12.8. The molecule has 6 nitrogen and oxygen atoms in total. The molecule has 1 N–H and O–H groups in total. The second-order valence-corrected chi connectivity index (χ2v) is 9.42. The topological polar surface area (TPSA) is 75.5 Å². The van der Waals surface area contributed by atoms with E-state index in [9.17, 15) is 9.90 Å². The van der Waals surface area contributed by atoms with Gasteiger partial charge in [-0.15, -0.1) is 0 Å². The van der Waals surface area contributed by atoms with Gasteiger partial charge >= 0.3 is 5.97 Å². The van der Waals surface area contributed by atoms with Gasteiger partial charge in [0, 0.05) is 24.3 Å². The molecule has 0 aliphatic heterocycles. The highest BCUT2D eigenvalue weighted by Crippen LogP contribution is 2.29. The maximum atomic E-state index is 11.4. The van der Waals surface area contributed by atoms with Gasteiger partial charge in [0.2, 0.25) is 0 Å². The normalized spacial score (nSPS) is 13.4. The van der Waals surface area contributed by atoms with Crippen LogP contribution in [0.5, 0.6) is 5.75 Å². The summed E-state index contributed by atoms with van der Waals surface area (Å²) in [7, 11) is 0. The first-order valence-corrected chi connectivity index (χ1v) is 12.8. The number of carboxylic acid groups (broad SMARTS) is 1. The molecule has 0 saturated heterocycles. The Bertz CT molecular complexity index is 1320. The van der Waals surface area contributed by atoms with Crippen LogP contribution in [0.1, 0.15) is 47.2 Å². The molecule has 0 atom stereocenters. The maximum Gasteiger partial charge on any atom is 0.335 e. The van der Waals surface area contributed by atoms with Crippen molar-refractivity contribution in [2.24, 2.45) is 0 Å². The number of rotatable bonds is 10. The third kappa shape index (κ3) is 6.33. The molecule has 0 bridgehead atoms. The monoisotopic (exact) mass is 493 g/mol. The number of benzene rings is 3. The zero-order valence-electron chi connectivity index (χ0n) is 20.8. The third-order valence-electron chi connectivity index (χ3n) is 6.88. The van der Waals surface area contributed by atoms with Gasteiger partial charge in [-0.3, -0.25) is 0 Å². The summed E-state index contributed by atoms with van der Waals surface area (Å²) in [5, 5.41) is 9.34. The molecule has 0 spiro atoms. The van der Waals surface area contributed by atoms with Crippen LogP contribution in [0.3, 0.4) is 0 Å². The minimum atomic E-state index is -0.897. The van der Waals surface area contributed by atoms with Crippen LogP contribution in [0.4, 0.5) is 5.82 Å². The summed E-state index contributed by atoms with van der Waals surface area (Å²) in [6.07, 6.45) is 7.30. The fourth-order valence-corrected chi connectivity index (χ4v) is 4.90. The molecular formula is C31H31N3O3. The molecule has 6 heteroatoms. The molecule has 1 aliphatic carbocycles. The Labute approximate surface area is 217 Å². The average Bonchev–Trinajstić information content (AvgIpc) is 3.48. The van der Waals surface area contributed by atoms with Crippen molar-refractivity contribution in [1.82, 2.24) is 9.97 Å². The van der Waals surface area contributed by atoms with Crippen LogP contribution >= 0.6 is 0 Å². The molecule has 1 aromatic heterocycles. The number of carbonyl (C=O) groups is 1. The molecule has 188 valence electrons. The van der Waals surface area contributed by atoms with Gasteiger partial charge in [0.1, 0.15) is 18.2 Å². The maximum absolute atomic E-state index is 11.4. The third-order valence-corrected chi connectivity index (χ3v) is 6.88. The summed E-state index contributed by atoms with van der Waals surface area (Å²) in [6, 6.07) is 27.6. The van der Waals surface area contributed by atoms with E-state index in [1.54, 1.807) is 12.1 Å². The fourth-order valence-electron chi connectivity index (χ4n) is 4.90. The lowest BCUT2D eigenvalue weighted by atomic mass is 10.1. The van der Waals surface area contributed by atoms with Crippen molar-refractivity contribution in [2.45, 2.75) is 44.8 Å². The number of nitrogens with zero attached hydrogens (tertiary/aromatic N) is 3. The zero-order chi connectivity index (χ0) is 25.5. The van der Waals surface area contributed by atoms with E-state index in [0.717, 1.165) is 54.1 Å². The minimum Gasteiger partial charge on any atom is -0.489 e. The van der Waals surface area contributed by atoms with Crippen molar-refractivity contribution < 1.29 is 14.6 Å². The predicted octanol–water partition coefficient (Wildman–Crippen LogP) is 6.41. The van der Waals surface area contributed by atoms with E-state index in [-0.39, 0.29) is 0 Å². The van der Waals surface area contributed by atoms with Crippen LogP contribution in [-0.2, 0) is 13.0 Å². The average molecular weight is 494 g/mol. The van der Waals surface area contributed by atoms with Gasteiger partial charge in [0.25, 0.3) is 0 Å². The van der Waals surface area contributed by atoms with Crippen LogP contribution in [-0.4, -0.2) is 33.6 Å². The van der Waals surface area contributed by atoms with E-state index in [2.05, 4.69) is 9.88 Å². The highest BCUT2D eigenvalue weighted by molar-refractivity contribution is 5.87. The quantitative estimate of drug-likeness (QED) is 0.275. The van der Waals surface area contributed by atoms with Gasteiger partial charge in [-0.25, -0.2) is 14.8 Å². The van der Waals surface area contributed by atoms with Crippen molar-refractivity contribution in [3.8, 4) is 17.1 Å². The van der Waals surface area contributed by atoms with E-state index < -0.39 is 5.97 Å². The van der Waals surface area contributed by atoms with Gasteiger partial charge < -0.3 is 14.7 Å². The van der Waals surface area contributed by atoms with Crippen LogP contribution in [0, 0.1) is 0 Å². The molecule has 0 amide bonds. The van der Waals surface area contributed by atoms with Crippen molar-refractivity contribution >= 4 is 11.8 Å². The SMILES string of the molecule is O=C(O)c1cccc(CCN(c2ccnc(-c3ccc(OCc4ccccc4)cc3)n2)C2CCCC2)c1. The van der Waals surface area contributed by atoms with Crippen LogP contribution < -0.4 is 9.64 Å². The van der Waals surface area contributed by atoms with E-state index in [1.165, 1.54) is 12.8 Å². The number of hydrogen-bond acceptors (Lipinski definition) is 5. The number of hydrogen-bond donors (Lipinski definition) is 1. The molecular weight excluding hydrogens is 462 g/mol. The second-order valence-electron chi connectivity index (χ2n) is 9.42. The molecule has 3 aromatic carbocycles. The summed E-state index contributed by atoms with van der Waals surface area (Å²) >= 11 is 0. The highest BCUT2D eigenvalue weighted by Gasteiger charge is 2.24. The Morgan fingerprint density at radius 2 is 1.68 bits per heavy atom. The van der Waals surface area contributed by atoms with E-state index >= 15 is 0 Å². The summed E-state index contributed by atoms with van der Waals surface area (Å²) in [4.78, 5) is 23.3. The van der Waals surface area contributed by atoms with Gasteiger partial charge in [-0.05, 0) is 72.9 Å². The standard InChI is InChI=1S/C31H31N3O3/c35-31(36)26-10-6-9-23(21-26)18-20-34(27-11-4-5-12-27)29-17-19-32-30(33-29)25-13-15-28(16-14-25)37-22-24-7-2-1-3-8-24/h1-3,6-10,13-17,19,21,27H,4-5,11-12,18,20,22H2,(H,35,36). The van der Waals surface area contributed by atoms with Gasteiger partial charge in [0.05, 0.1) is 5.56 Å². The lowest BCUT2D eigenvalue weighted by Crippen LogP contribution is -2.35. The Morgan fingerprint density at radius 3 is 2.43 bits per heavy atom. The Morgan fingerprint density at radius 1 is 0.919 bits per heavy atom. The number of aromatic nitrogens is 2. The lowest BCUT2D eigenvalue weighted by Gasteiger charge is -2.30. The largest absolute Gasteiger partial charge is 0.489 e. The Hall–Kier alpha value is -4.19. The summed E-state index contributed by atoms with van der Waals surface area (Å²) in [6.45, 7) is 1.30. The lowest BCUT2D eigenvalue weighted by molar-refractivity contribution is 0.0696. The fraction of sp³-hybridized carbons (Fsp3) is 0.258. The summed E-state index contributed by atoms with van der Waals surface area (Å²) in [5.74, 6) is 1.50. The highest BCUT2D eigenvalue weighted by atomic mass is 16.5. The van der Waals surface area contributed by atoms with Crippen LogP contribution in [0.25, 0.3) is 11.4 Å². The molecule has 4 aromatic rings. The molecule has 0 radical (unpaired) electrons. The summed E-state index contributed by atoms with van der Waals surface area (Å²) in [5.41, 5.74) is 3.41. The van der Waals surface area contributed by atoms with Gasteiger partial charge in [-0.1, -0.05) is 55.3 Å². The zero-order valence-corrected chi connectivity index (χ0v) is 20.8. The number of aromatic carboxylic acids is 1. The first kappa shape index (κ1) is 24.5. The van der Waals surface area contributed by atoms with Crippen LogP contribution in [0.2, 0.25) is 0 Å². The van der Waals surface area contributed by atoms with E-state index in [0.29, 0.717) is 24.0 Å². The van der Waals surface area contributed by atoms with Crippen molar-refractivity contribution in [3.05, 3.63) is 108 Å². The Balaban J connectivity index is 1.31. The van der Waals surface area contributed by atoms with Crippen molar-refractivity contribution in [3.63, 3.8) is 0 Å². The number of ether oxygens (including phenoxy) is 1. The predicted molar refractivity (Wildman–Crippen MR) is 145 cm³/mol. The second kappa shape index (κ2) is 11.7. The van der Waals surface area contributed by atoms with Crippen molar-refractivity contribution in [2.75, 3.05) is 11.4 Å². The molecule has 1 aliphatic rings. The number of carboxylic acids is 1. The van der Waals surface area contributed by atoms with E-state index in [4.69, 9.17) is 9.72 Å². The smallest absolute Gasteiger partial charge is 0.335 e. The minimum absolute atomic E-state index is 0.324. The van der Waals surface area contributed by atoms with Crippen LogP contribution in [0.15, 0.2) is 91.1 Å². The molecule has 1 saturated carbocycles. The molecule has 0 unspecified atom stereocenters. The Kier molecular flexibility index (Phi) is 7.75. The van der Waals surface area contributed by atoms with Gasteiger partial charge in [0.15, 0.2) is 5.82 Å². The number of anilines is 1. The molecule has 5 rings (SSSR count). The molecule has 1 fully saturated rings. The summed E-state index contributed by atoms with van der Waals surface area (Å²) < 4.78 is 5.92. The van der Waals surface area contributed by atoms with Crippen molar-refractivity contribution in [1.29, 1.82) is 0 Å². The molecule has 1 heterocycles. The van der Waals surface area contributed by atoms with E-state index in [1.807, 2.05) is 79.0 Å².